The molecule has 134 valence electrons. The summed E-state index contributed by atoms with van der Waals surface area (Å²) in [5, 5.41) is 7.28. The number of hydrogen-bond donors (Lipinski definition) is 1. The standard InChI is InChI=1S/C19H17ClFN3O2/c1-11-10-14(6-9-16(11)26-3)22-19(25)17-12(2)23-24(18(17)20)15-7-4-13(21)5-8-15/h4-10H,1-3H3,(H,22,25). The molecule has 1 amide bonds. The maximum atomic E-state index is 13.1. The smallest absolute Gasteiger partial charge is 0.260 e. The largest absolute Gasteiger partial charge is 0.496 e. The Hall–Kier alpha value is -2.86. The fraction of sp³-hybridized carbons (Fsp3) is 0.158. The summed E-state index contributed by atoms with van der Waals surface area (Å²) in [5.41, 5.74) is 2.83. The van der Waals surface area contributed by atoms with Gasteiger partial charge in [0.15, 0.2) is 0 Å². The van der Waals surface area contributed by atoms with Crippen molar-refractivity contribution in [2.45, 2.75) is 13.8 Å². The molecule has 0 bridgehead atoms. The summed E-state index contributed by atoms with van der Waals surface area (Å²) < 4.78 is 19.7. The number of benzene rings is 2. The van der Waals surface area contributed by atoms with Crippen molar-refractivity contribution in [2.75, 3.05) is 12.4 Å². The van der Waals surface area contributed by atoms with E-state index in [1.165, 1.54) is 16.8 Å². The molecule has 26 heavy (non-hydrogen) atoms. The molecule has 2 aromatic carbocycles. The summed E-state index contributed by atoms with van der Waals surface area (Å²) in [6, 6.07) is 11.0. The highest BCUT2D eigenvalue weighted by Gasteiger charge is 2.21. The maximum absolute atomic E-state index is 13.1. The van der Waals surface area contributed by atoms with Gasteiger partial charge in [0.2, 0.25) is 0 Å². The average molecular weight is 374 g/mol. The SMILES string of the molecule is COc1ccc(NC(=O)c2c(C)nn(-c3ccc(F)cc3)c2Cl)cc1C. The molecular weight excluding hydrogens is 357 g/mol. The fourth-order valence-electron chi connectivity index (χ4n) is 2.66. The number of halogens is 2. The highest BCUT2D eigenvalue weighted by Crippen LogP contribution is 2.26. The molecule has 0 atom stereocenters. The van der Waals surface area contributed by atoms with Crippen LogP contribution in [0.1, 0.15) is 21.6 Å². The van der Waals surface area contributed by atoms with Gasteiger partial charge in [-0.15, -0.1) is 0 Å². The Morgan fingerprint density at radius 3 is 2.50 bits per heavy atom. The number of hydrogen-bond acceptors (Lipinski definition) is 3. The van der Waals surface area contributed by atoms with E-state index in [1.807, 2.05) is 13.0 Å². The van der Waals surface area contributed by atoms with Gasteiger partial charge >= 0.3 is 0 Å². The van der Waals surface area contributed by atoms with E-state index in [9.17, 15) is 9.18 Å². The molecule has 7 heteroatoms. The molecule has 3 aromatic rings. The molecule has 0 aliphatic rings. The first kappa shape index (κ1) is 17.9. The molecule has 1 N–H and O–H groups in total. The summed E-state index contributed by atoms with van der Waals surface area (Å²) in [6.07, 6.45) is 0. The van der Waals surface area contributed by atoms with Crippen LogP contribution in [0.25, 0.3) is 5.69 Å². The van der Waals surface area contributed by atoms with Crippen molar-refractivity contribution in [3.05, 3.63) is 70.3 Å². The molecule has 0 spiro atoms. The number of carbonyl (C=O) groups is 1. The van der Waals surface area contributed by atoms with Gasteiger partial charge in [-0.05, 0) is 61.9 Å². The summed E-state index contributed by atoms with van der Waals surface area (Å²) in [6.45, 7) is 3.58. The monoisotopic (exact) mass is 373 g/mol. The van der Waals surface area contributed by atoms with Gasteiger partial charge in [-0.3, -0.25) is 4.79 Å². The van der Waals surface area contributed by atoms with Crippen molar-refractivity contribution >= 4 is 23.2 Å². The molecule has 0 saturated heterocycles. The molecule has 0 saturated carbocycles. The number of aromatic nitrogens is 2. The first-order valence-corrected chi connectivity index (χ1v) is 8.25. The van der Waals surface area contributed by atoms with E-state index >= 15 is 0 Å². The normalized spacial score (nSPS) is 10.7. The van der Waals surface area contributed by atoms with Gasteiger partial charge in [-0.2, -0.15) is 5.10 Å². The van der Waals surface area contributed by atoms with Gasteiger partial charge in [0.1, 0.15) is 22.3 Å². The van der Waals surface area contributed by atoms with E-state index in [0.29, 0.717) is 17.1 Å². The predicted octanol–water partition coefficient (Wildman–Crippen LogP) is 4.54. The fourth-order valence-corrected chi connectivity index (χ4v) is 3.02. The number of carbonyl (C=O) groups excluding carboxylic acids is 1. The van der Waals surface area contributed by atoms with E-state index in [2.05, 4.69) is 10.4 Å². The van der Waals surface area contributed by atoms with Crippen LogP contribution < -0.4 is 10.1 Å². The van der Waals surface area contributed by atoms with Crippen molar-refractivity contribution in [3.8, 4) is 11.4 Å². The lowest BCUT2D eigenvalue weighted by molar-refractivity contribution is 0.102. The lowest BCUT2D eigenvalue weighted by Crippen LogP contribution is -2.13. The van der Waals surface area contributed by atoms with Gasteiger partial charge in [0.25, 0.3) is 5.91 Å². The molecule has 0 aliphatic carbocycles. The minimum absolute atomic E-state index is 0.164. The summed E-state index contributed by atoms with van der Waals surface area (Å²) in [5.74, 6) is 0.00774. The van der Waals surface area contributed by atoms with Gasteiger partial charge in [-0.25, -0.2) is 9.07 Å². The van der Waals surface area contributed by atoms with Crippen molar-refractivity contribution in [3.63, 3.8) is 0 Å². The molecule has 0 radical (unpaired) electrons. The zero-order chi connectivity index (χ0) is 18.8. The Balaban J connectivity index is 1.90. The maximum Gasteiger partial charge on any atom is 0.260 e. The summed E-state index contributed by atoms with van der Waals surface area (Å²) in [4.78, 5) is 12.7. The van der Waals surface area contributed by atoms with Crippen LogP contribution in [0.5, 0.6) is 5.75 Å². The third-order valence-electron chi connectivity index (χ3n) is 3.96. The van der Waals surface area contributed by atoms with E-state index < -0.39 is 0 Å². The molecule has 1 heterocycles. The van der Waals surface area contributed by atoms with Gasteiger partial charge in [0, 0.05) is 5.69 Å². The Labute approximate surface area is 155 Å². The highest BCUT2D eigenvalue weighted by atomic mass is 35.5. The second kappa shape index (κ2) is 7.17. The zero-order valence-corrected chi connectivity index (χ0v) is 15.3. The second-order valence-corrected chi connectivity index (χ2v) is 6.14. The molecule has 1 aromatic heterocycles. The van der Waals surface area contributed by atoms with Crippen LogP contribution in [0, 0.1) is 19.7 Å². The average Bonchev–Trinajstić information content (AvgIpc) is 2.90. The topological polar surface area (TPSA) is 56.1 Å². The Bertz CT molecular complexity index is 968. The lowest BCUT2D eigenvalue weighted by atomic mass is 10.2. The molecule has 5 nitrogen and oxygen atoms in total. The molecule has 0 fully saturated rings. The third kappa shape index (κ3) is 3.41. The predicted molar refractivity (Wildman–Crippen MR) is 99.0 cm³/mol. The highest BCUT2D eigenvalue weighted by molar-refractivity contribution is 6.34. The molecular formula is C19H17ClFN3O2. The van der Waals surface area contributed by atoms with Crippen molar-refractivity contribution < 1.29 is 13.9 Å². The molecule has 0 unspecified atom stereocenters. The lowest BCUT2D eigenvalue weighted by Gasteiger charge is -2.09. The Kier molecular flexibility index (Phi) is 4.95. The third-order valence-corrected chi connectivity index (χ3v) is 4.30. The second-order valence-electron chi connectivity index (χ2n) is 5.78. The van der Waals surface area contributed by atoms with Crippen LogP contribution in [0.3, 0.4) is 0 Å². The van der Waals surface area contributed by atoms with Gasteiger partial charge in [-0.1, -0.05) is 11.6 Å². The van der Waals surface area contributed by atoms with E-state index in [4.69, 9.17) is 16.3 Å². The van der Waals surface area contributed by atoms with Crippen molar-refractivity contribution in [1.82, 2.24) is 9.78 Å². The van der Waals surface area contributed by atoms with Gasteiger partial charge < -0.3 is 10.1 Å². The van der Waals surface area contributed by atoms with Crippen LogP contribution in [-0.4, -0.2) is 22.8 Å². The number of amides is 1. The van der Waals surface area contributed by atoms with Crippen molar-refractivity contribution in [1.29, 1.82) is 0 Å². The number of nitrogens with zero attached hydrogens (tertiary/aromatic N) is 2. The number of rotatable bonds is 4. The summed E-state index contributed by atoms with van der Waals surface area (Å²) in [7, 11) is 1.59. The van der Waals surface area contributed by atoms with E-state index in [1.54, 1.807) is 38.3 Å². The van der Waals surface area contributed by atoms with Crippen LogP contribution in [-0.2, 0) is 0 Å². The number of anilines is 1. The van der Waals surface area contributed by atoms with Gasteiger partial charge in [0.05, 0.1) is 18.5 Å². The molecule has 0 aliphatic heterocycles. The number of ether oxygens (including phenoxy) is 1. The van der Waals surface area contributed by atoms with E-state index in [-0.39, 0.29) is 22.4 Å². The summed E-state index contributed by atoms with van der Waals surface area (Å²) >= 11 is 6.37. The number of nitrogens with one attached hydrogen (secondary N) is 1. The Morgan fingerprint density at radius 2 is 1.88 bits per heavy atom. The van der Waals surface area contributed by atoms with Crippen LogP contribution >= 0.6 is 11.6 Å². The Morgan fingerprint density at radius 1 is 1.19 bits per heavy atom. The van der Waals surface area contributed by atoms with Crippen LogP contribution in [0.15, 0.2) is 42.5 Å². The van der Waals surface area contributed by atoms with Crippen LogP contribution in [0.4, 0.5) is 10.1 Å². The minimum atomic E-state index is -0.370. The minimum Gasteiger partial charge on any atom is -0.496 e. The first-order valence-electron chi connectivity index (χ1n) is 7.87. The number of aryl methyl sites for hydroxylation is 2. The van der Waals surface area contributed by atoms with Crippen molar-refractivity contribution in [2.24, 2.45) is 0 Å². The number of methoxy groups -OCH3 is 1. The molecule has 3 rings (SSSR count). The first-order chi connectivity index (χ1) is 12.4. The zero-order valence-electron chi connectivity index (χ0n) is 14.5. The van der Waals surface area contributed by atoms with Crippen LogP contribution in [0.2, 0.25) is 5.15 Å². The van der Waals surface area contributed by atoms with E-state index in [0.717, 1.165) is 11.3 Å². The quantitative estimate of drug-likeness (QED) is 0.730.